The van der Waals surface area contributed by atoms with Crippen LogP contribution in [0, 0.1) is 0 Å². The van der Waals surface area contributed by atoms with Crippen LogP contribution in [-0.2, 0) is 20.7 Å². The summed E-state index contributed by atoms with van der Waals surface area (Å²) >= 11 is 15.5. The van der Waals surface area contributed by atoms with Gasteiger partial charge in [0.1, 0.15) is 0 Å². The summed E-state index contributed by atoms with van der Waals surface area (Å²) in [5.41, 5.74) is 1.18. The van der Waals surface area contributed by atoms with Gasteiger partial charge in [-0.1, -0.05) is 82.7 Å². The molecule has 1 aliphatic heterocycles. The maximum Gasteiger partial charge on any atom is 0.237 e. The van der Waals surface area contributed by atoms with E-state index in [1.165, 1.54) is 16.9 Å². The molecule has 0 spiro atoms. The van der Waals surface area contributed by atoms with E-state index in [0.29, 0.717) is 41.2 Å². The van der Waals surface area contributed by atoms with E-state index in [1.54, 1.807) is 23.9 Å². The van der Waals surface area contributed by atoms with Crippen LogP contribution in [0.25, 0.3) is 0 Å². The molecular weight excluding hydrogens is 461 g/mol. The number of hydrogen-bond acceptors (Lipinski definition) is 6. The third-order valence-electron chi connectivity index (χ3n) is 5.06. The fourth-order valence-corrected chi connectivity index (χ4v) is 5.76. The molecule has 0 bridgehead atoms. The Bertz CT molecular complexity index is 1020. The number of rotatable bonds is 6. The van der Waals surface area contributed by atoms with Gasteiger partial charge in [0.05, 0.1) is 5.41 Å². The van der Waals surface area contributed by atoms with E-state index >= 15 is 0 Å². The first-order valence-corrected chi connectivity index (χ1v) is 12.0. The first-order chi connectivity index (χ1) is 14.6. The van der Waals surface area contributed by atoms with Crippen LogP contribution in [0.1, 0.15) is 24.0 Å². The predicted molar refractivity (Wildman–Crippen MR) is 123 cm³/mol. The molecule has 30 heavy (non-hydrogen) atoms. The van der Waals surface area contributed by atoms with Crippen LogP contribution >= 0.6 is 46.3 Å². The smallest absolute Gasteiger partial charge is 0.237 e. The van der Waals surface area contributed by atoms with Crippen molar-refractivity contribution in [3.63, 3.8) is 0 Å². The second kappa shape index (κ2) is 9.66. The lowest BCUT2D eigenvalue weighted by Gasteiger charge is -2.36. The summed E-state index contributed by atoms with van der Waals surface area (Å²) in [7, 11) is 0. The van der Waals surface area contributed by atoms with Crippen LogP contribution < -0.4 is 5.32 Å². The van der Waals surface area contributed by atoms with E-state index < -0.39 is 5.41 Å². The Morgan fingerprint density at radius 3 is 2.63 bits per heavy atom. The fraction of sp³-hybridized carbons (Fsp3) is 0.286. The van der Waals surface area contributed by atoms with Crippen molar-refractivity contribution in [3.05, 3.63) is 69.7 Å². The summed E-state index contributed by atoms with van der Waals surface area (Å²) in [5.74, 6) is 0.649. The Morgan fingerprint density at radius 2 is 1.90 bits per heavy atom. The summed E-state index contributed by atoms with van der Waals surface area (Å²) in [6.45, 7) is 0.974. The minimum absolute atomic E-state index is 0.147. The van der Waals surface area contributed by atoms with Crippen LogP contribution in [0.3, 0.4) is 0 Å². The average Bonchev–Trinajstić information content (AvgIpc) is 3.21. The van der Waals surface area contributed by atoms with Crippen molar-refractivity contribution in [2.24, 2.45) is 0 Å². The normalized spacial score (nSPS) is 15.7. The molecule has 5 nitrogen and oxygen atoms in total. The van der Waals surface area contributed by atoms with Crippen LogP contribution in [0.4, 0.5) is 5.13 Å². The van der Waals surface area contributed by atoms with Gasteiger partial charge >= 0.3 is 0 Å². The minimum atomic E-state index is -0.789. The van der Waals surface area contributed by atoms with Crippen molar-refractivity contribution in [1.82, 2.24) is 10.2 Å². The number of benzene rings is 2. The Hall–Kier alpha value is -1.64. The maximum atomic E-state index is 13.4. The highest BCUT2D eigenvalue weighted by molar-refractivity contribution is 8.00. The van der Waals surface area contributed by atoms with Gasteiger partial charge in [-0.3, -0.25) is 10.1 Å². The zero-order chi connectivity index (χ0) is 21.0. The van der Waals surface area contributed by atoms with E-state index in [2.05, 4.69) is 27.6 Å². The largest absolute Gasteiger partial charge is 0.381 e. The molecular formula is C21H19Cl2N3O2S2. The Labute approximate surface area is 193 Å². The van der Waals surface area contributed by atoms with Crippen LogP contribution in [0.2, 0.25) is 10.0 Å². The van der Waals surface area contributed by atoms with Gasteiger partial charge in [0.25, 0.3) is 0 Å². The van der Waals surface area contributed by atoms with Gasteiger partial charge in [0, 0.05) is 29.0 Å². The summed E-state index contributed by atoms with van der Waals surface area (Å²) in [4.78, 5) is 13.4. The average molecular weight is 480 g/mol. The number of ether oxygens (including phenoxy) is 1. The summed E-state index contributed by atoms with van der Waals surface area (Å²) in [5, 5.41) is 12.8. The molecule has 4 rings (SSSR count). The number of amides is 1. The molecule has 1 amide bonds. The molecule has 156 valence electrons. The Morgan fingerprint density at radius 1 is 1.13 bits per heavy atom. The third-order valence-corrected chi connectivity index (χ3v) is 7.65. The van der Waals surface area contributed by atoms with E-state index in [4.69, 9.17) is 27.9 Å². The maximum absolute atomic E-state index is 13.4. The van der Waals surface area contributed by atoms with Gasteiger partial charge in [-0.25, -0.2) is 0 Å². The molecule has 0 saturated carbocycles. The quantitative estimate of drug-likeness (QED) is 0.356. The molecule has 1 saturated heterocycles. The number of thioether (sulfide) groups is 1. The second-order valence-corrected chi connectivity index (χ2v) is 9.96. The molecule has 3 aromatic rings. The lowest BCUT2D eigenvalue weighted by atomic mass is 9.73. The third kappa shape index (κ3) is 4.81. The zero-order valence-corrected chi connectivity index (χ0v) is 19.1. The first kappa shape index (κ1) is 21.6. The topological polar surface area (TPSA) is 64.1 Å². The molecule has 1 N–H and O–H groups in total. The minimum Gasteiger partial charge on any atom is -0.381 e. The van der Waals surface area contributed by atoms with Crippen molar-refractivity contribution in [2.45, 2.75) is 28.3 Å². The fourth-order valence-electron chi connectivity index (χ4n) is 3.47. The molecule has 0 aliphatic carbocycles. The Kier molecular flexibility index (Phi) is 6.95. The van der Waals surface area contributed by atoms with Crippen LogP contribution in [0.15, 0.2) is 52.9 Å². The number of aromatic nitrogens is 2. The molecule has 0 unspecified atom stereocenters. The van der Waals surface area contributed by atoms with Crippen molar-refractivity contribution in [3.8, 4) is 0 Å². The van der Waals surface area contributed by atoms with Gasteiger partial charge in [-0.2, -0.15) is 0 Å². The molecule has 1 aromatic heterocycles. The molecule has 2 heterocycles. The molecule has 1 fully saturated rings. The van der Waals surface area contributed by atoms with Gasteiger partial charge in [0.2, 0.25) is 11.0 Å². The number of anilines is 1. The van der Waals surface area contributed by atoms with Crippen molar-refractivity contribution in [2.75, 3.05) is 18.5 Å². The van der Waals surface area contributed by atoms with E-state index in [9.17, 15) is 4.79 Å². The number of nitrogens with one attached hydrogen (secondary N) is 1. The molecule has 1 aliphatic rings. The van der Waals surface area contributed by atoms with Crippen LogP contribution in [-0.4, -0.2) is 29.3 Å². The first-order valence-electron chi connectivity index (χ1n) is 9.42. The van der Waals surface area contributed by atoms with Crippen molar-refractivity contribution in [1.29, 1.82) is 0 Å². The van der Waals surface area contributed by atoms with Gasteiger partial charge < -0.3 is 4.74 Å². The molecule has 0 radical (unpaired) electrons. The summed E-state index contributed by atoms with van der Waals surface area (Å²) in [6, 6.07) is 15.4. The van der Waals surface area contributed by atoms with E-state index in [1.807, 2.05) is 24.3 Å². The highest BCUT2D eigenvalue weighted by atomic mass is 35.5. The van der Waals surface area contributed by atoms with Gasteiger partial charge in [-0.05, 0) is 36.1 Å². The van der Waals surface area contributed by atoms with Gasteiger partial charge in [-0.15, -0.1) is 10.2 Å². The number of carbonyl (C=O) groups excluding carboxylic acids is 1. The zero-order valence-electron chi connectivity index (χ0n) is 15.9. The Balaban J connectivity index is 1.50. The summed E-state index contributed by atoms with van der Waals surface area (Å²) in [6.07, 6.45) is 1.07. The molecule has 2 aromatic carbocycles. The highest BCUT2D eigenvalue weighted by Crippen LogP contribution is 2.41. The second-order valence-electron chi connectivity index (χ2n) is 6.92. The SMILES string of the molecule is O=C(Nc1nnc(SCc2ccccc2)s1)C1(c2ccc(Cl)cc2Cl)CCOCC1. The lowest BCUT2D eigenvalue weighted by Crippen LogP contribution is -2.45. The van der Waals surface area contributed by atoms with E-state index in [-0.39, 0.29) is 5.91 Å². The summed E-state index contributed by atoms with van der Waals surface area (Å²) < 4.78 is 6.32. The lowest BCUT2D eigenvalue weighted by molar-refractivity contribution is -0.125. The van der Waals surface area contributed by atoms with Crippen molar-refractivity contribution < 1.29 is 9.53 Å². The number of carbonyl (C=O) groups is 1. The monoisotopic (exact) mass is 479 g/mol. The highest BCUT2D eigenvalue weighted by Gasteiger charge is 2.43. The predicted octanol–water partition coefficient (Wildman–Crippen LogP) is 5.82. The van der Waals surface area contributed by atoms with Crippen LogP contribution in [0.5, 0.6) is 0 Å². The number of nitrogens with zero attached hydrogens (tertiary/aromatic N) is 2. The standard InChI is InChI=1S/C21H19Cl2N3O2S2/c22-15-6-7-16(17(23)12-15)21(8-10-28-11-9-21)18(27)24-19-25-26-20(30-19)29-13-14-4-2-1-3-5-14/h1-7,12H,8-11,13H2,(H,24,25,27). The number of halogens is 2. The van der Waals surface area contributed by atoms with Crippen molar-refractivity contribution >= 4 is 57.3 Å². The molecule has 9 heteroatoms. The number of hydrogen-bond donors (Lipinski definition) is 1. The van der Waals surface area contributed by atoms with Gasteiger partial charge in [0.15, 0.2) is 4.34 Å². The molecule has 0 atom stereocenters. The van der Waals surface area contributed by atoms with E-state index in [0.717, 1.165) is 15.7 Å².